The van der Waals surface area contributed by atoms with Crippen molar-refractivity contribution in [1.29, 1.82) is 0 Å². The molecule has 1 atom stereocenters. The van der Waals surface area contributed by atoms with Crippen molar-refractivity contribution in [1.82, 2.24) is 9.38 Å². The maximum atomic E-state index is 5.98. The fourth-order valence-electron chi connectivity index (χ4n) is 1.46. The Kier molecular flexibility index (Phi) is 2.56. The van der Waals surface area contributed by atoms with Crippen LogP contribution in [0.3, 0.4) is 0 Å². The summed E-state index contributed by atoms with van der Waals surface area (Å²) in [7, 11) is 0. The summed E-state index contributed by atoms with van der Waals surface area (Å²) in [6.07, 6.45) is 4.75. The van der Waals surface area contributed by atoms with Crippen molar-refractivity contribution in [3.63, 3.8) is 0 Å². The fraction of sp³-hybridized carbons (Fsp3) is 0.300. The van der Waals surface area contributed by atoms with E-state index in [1.54, 1.807) is 0 Å². The molecular weight excluding hydrogens is 242 g/mol. The largest absolute Gasteiger partial charge is 0.323 e. The summed E-state index contributed by atoms with van der Waals surface area (Å²) in [6.45, 7) is 2.07. The van der Waals surface area contributed by atoms with Crippen molar-refractivity contribution in [2.45, 2.75) is 19.4 Å². The Morgan fingerprint density at radius 1 is 1.57 bits per heavy atom. The van der Waals surface area contributed by atoms with Crippen LogP contribution in [0.5, 0.6) is 0 Å². The molecule has 2 rings (SSSR count). The third-order valence-corrected chi connectivity index (χ3v) is 2.79. The minimum Gasteiger partial charge on any atom is -0.323 e. The molecule has 0 saturated carbocycles. The van der Waals surface area contributed by atoms with Gasteiger partial charge >= 0.3 is 0 Å². The summed E-state index contributed by atoms with van der Waals surface area (Å²) in [6, 6.07) is 4.00. The first kappa shape index (κ1) is 9.68. The van der Waals surface area contributed by atoms with Gasteiger partial charge in [-0.25, -0.2) is 4.98 Å². The predicted octanol–water partition coefficient (Wildman–Crippen LogP) is 2.51. The van der Waals surface area contributed by atoms with Crippen LogP contribution in [-0.2, 0) is 0 Å². The molecule has 1 unspecified atom stereocenters. The van der Waals surface area contributed by atoms with Crippen LogP contribution >= 0.6 is 15.9 Å². The third-order valence-electron chi connectivity index (χ3n) is 2.32. The molecule has 0 aliphatic carbocycles. The molecule has 2 aromatic rings. The van der Waals surface area contributed by atoms with E-state index in [1.807, 2.05) is 28.9 Å². The zero-order valence-corrected chi connectivity index (χ0v) is 9.53. The van der Waals surface area contributed by atoms with Crippen molar-refractivity contribution in [2.24, 2.45) is 5.73 Å². The Labute approximate surface area is 91.1 Å². The van der Waals surface area contributed by atoms with Gasteiger partial charge in [0, 0.05) is 16.7 Å². The summed E-state index contributed by atoms with van der Waals surface area (Å²) in [5.74, 6) is 0. The van der Waals surface area contributed by atoms with Crippen LogP contribution in [0.1, 0.15) is 25.1 Å². The molecule has 0 spiro atoms. The Balaban J connectivity index is 2.61. The molecule has 14 heavy (non-hydrogen) atoms. The van der Waals surface area contributed by atoms with Gasteiger partial charge < -0.3 is 10.1 Å². The Morgan fingerprint density at radius 3 is 3.07 bits per heavy atom. The molecule has 0 aromatic carbocycles. The second kappa shape index (κ2) is 3.71. The number of imidazole rings is 1. The van der Waals surface area contributed by atoms with Crippen molar-refractivity contribution in [3.05, 3.63) is 34.7 Å². The van der Waals surface area contributed by atoms with Crippen LogP contribution in [0.4, 0.5) is 0 Å². The first-order valence-electron chi connectivity index (χ1n) is 4.60. The molecule has 74 valence electrons. The lowest BCUT2D eigenvalue weighted by atomic mass is 10.2. The topological polar surface area (TPSA) is 43.3 Å². The highest BCUT2D eigenvalue weighted by Crippen LogP contribution is 2.18. The van der Waals surface area contributed by atoms with Gasteiger partial charge in [0.15, 0.2) is 0 Å². The predicted molar refractivity (Wildman–Crippen MR) is 60.1 cm³/mol. The molecule has 0 aliphatic rings. The lowest BCUT2D eigenvalue weighted by molar-refractivity contribution is 0.668. The van der Waals surface area contributed by atoms with E-state index in [9.17, 15) is 0 Å². The SMILES string of the molecule is CCC(N)c1cnc2ccc(Br)cn12. The summed E-state index contributed by atoms with van der Waals surface area (Å²) in [5, 5.41) is 0. The first-order chi connectivity index (χ1) is 6.72. The van der Waals surface area contributed by atoms with E-state index in [2.05, 4.69) is 27.8 Å². The molecule has 0 radical (unpaired) electrons. The van der Waals surface area contributed by atoms with Gasteiger partial charge in [-0.15, -0.1) is 0 Å². The van der Waals surface area contributed by atoms with Gasteiger partial charge in [-0.3, -0.25) is 0 Å². The number of nitrogens with zero attached hydrogens (tertiary/aromatic N) is 2. The number of rotatable bonds is 2. The summed E-state index contributed by atoms with van der Waals surface area (Å²) in [4.78, 5) is 4.29. The van der Waals surface area contributed by atoms with Crippen LogP contribution in [0.25, 0.3) is 5.65 Å². The molecule has 0 aliphatic heterocycles. The second-order valence-corrected chi connectivity index (χ2v) is 4.19. The maximum Gasteiger partial charge on any atom is 0.137 e. The molecule has 0 saturated heterocycles. The Bertz CT molecular complexity index is 450. The average Bonchev–Trinajstić information content (AvgIpc) is 2.59. The fourth-order valence-corrected chi connectivity index (χ4v) is 1.79. The molecular formula is C10H12BrN3. The number of halogens is 1. The lowest BCUT2D eigenvalue weighted by Gasteiger charge is -2.08. The van der Waals surface area contributed by atoms with E-state index in [0.29, 0.717) is 0 Å². The van der Waals surface area contributed by atoms with Gasteiger partial charge in [-0.2, -0.15) is 0 Å². The number of aromatic nitrogens is 2. The number of fused-ring (bicyclic) bond motifs is 1. The molecule has 0 amide bonds. The molecule has 3 nitrogen and oxygen atoms in total. The van der Waals surface area contributed by atoms with E-state index < -0.39 is 0 Å². The summed E-state index contributed by atoms with van der Waals surface area (Å²) >= 11 is 3.43. The van der Waals surface area contributed by atoms with E-state index in [0.717, 1.165) is 22.2 Å². The highest BCUT2D eigenvalue weighted by Gasteiger charge is 2.09. The van der Waals surface area contributed by atoms with Crippen LogP contribution in [0.15, 0.2) is 29.0 Å². The van der Waals surface area contributed by atoms with Gasteiger partial charge in [0.25, 0.3) is 0 Å². The maximum absolute atomic E-state index is 5.98. The van der Waals surface area contributed by atoms with Crippen LogP contribution < -0.4 is 5.73 Å². The molecule has 2 heterocycles. The number of hydrogen-bond donors (Lipinski definition) is 1. The smallest absolute Gasteiger partial charge is 0.137 e. The standard InChI is InChI=1S/C10H12BrN3/c1-2-8(12)9-5-13-10-4-3-7(11)6-14(9)10/h3-6,8H,2,12H2,1H3. The average molecular weight is 254 g/mol. The van der Waals surface area contributed by atoms with Gasteiger partial charge in [-0.1, -0.05) is 6.92 Å². The third kappa shape index (κ3) is 1.55. The quantitative estimate of drug-likeness (QED) is 0.894. The van der Waals surface area contributed by atoms with E-state index in [-0.39, 0.29) is 6.04 Å². The number of hydrogen-bond acceptors (Lipinski definition) is 2. The minimum atomic E-state index is 0.0549. The van der Waals surface area contributed by atoms with Gasteiger partial charge in [0.1, 0.15) is 5.65 Å². The van der Waals surface area contributed by atoms with E-state index in [1.165, 1.54) is 0 Å². The normalized spacial score (nSPS) is 13.4. The van der Waals surface area contributed by atoms with Crippen LogP contribution in [0, 0.1) is 0 Å². The highest BCUT2D eigenvalue weighted by molar-refractivity contribution is 9.10. The van der Waals surface area contributed by atoms with Crippen molar-refractivity contribution < 1.29 is 0 Å². The summed E-state index contributed by atoms with van der Waals surface area (Å²) in [5.41, 5.74) is 7.97. The molecule has 2 N–H and O–H groups in total. The molecule has 2 aromatic heterocycles. The van der Waals surface area contributed by atoms with Crippen molar-refractivity contribution in [3.8, 4) is 0 Å². The molecule has 0 bridgehead atoms. The highest BCUT2D eigenvalue weighted by atomic mass is 79.9. The zero-order chi connectivity index (χ0) is 10.1. The lowest BCUT2D eigenvalue weighted by Crippen LogP contribution is -2.11. The summed E-state index contributed by atoms with van der Waals surface area (Å²) < 4.78 is 3.06. The monoisotopic (exact) mass is 253 g/mol. The zero-order valence-electron chi connectivity index (χ0n) is 7.94. The van der Waals surface area contributed by atoms with Gasteiger partial charge in [0.2, 0.25) is 0 Å². The van der Waals surface area contributed by atoms with Crippen molar-refractivity contribution in [2.75, 3.05) is 0 Å². The Hall–Kier alpha value is -0.870. The van der Waals surface area contributed by atoms with E-state index in [4.69, 9.17) is 5.73 Å². The minimum absolute atomic E-state index is 0.0549. The van der Waals surface area contributed by atoms with Gasteiger partial charge in [-0.05, 0) is 34.5 Å². The Morgan fingerprint density at radius 2 is 2.36 bits per heavy atom. The van der Waals surface area contributed by atoms with Crippen LogP contribution in [-0.4, -0.2) is 9.38 Å². The van der Waals surface area contributed by atoms with Crippen molar-refractivity contribution >= 4 is 21.6 Å². The second-order valence-electron chi connectivity index (χ2n) is 3.27. The number of pyridine rings is 1. The van der Waals surface area contributed by atoms with Gasteiger partial charge in [0.05, 0.1) is 11.9 Å². The van der Waals surface area contributed by atoms with Crippen LogP contribution in [0.2, 0.25) is 0 Å². The van der Waals surface area contributed by atoms with E-state index >= 15 is 0 Å². The first-order valence-corrected chi connectivity index (χ1v) is 5.39. The molecule has 4 heteroatoms. The number of nitrogens with two attached hydrogens (primary N) is 1. The molecule has 0 fully saturated rings.